The van der Waals surface area contributed by atoms with Crippen LogP contribution in [-0.4, -0.2) is 31.7 Å². The van der Waals surface area contributed by atoms with Gasteiger partial charge in [-0.15, -0.1) is 10.2 Å². The van der Waals surface area contributed by atoms with Crippen molar-refractivity contribution < 1.29 is 9.53 Å². The van der Waals surface area contributed by atoms with E-state index in [0.29, 0.717) is 10.7 Å². The summed E-state index contributed by atoms with van der Waals surface area (Å²) >= 11 is 17.5. The van der Waals surface area contributed by atoms with Crippen LogP contribution >= 0.6 is 46.1 Å². The Hall–Kier alpha value is -1.15. The van der Waals surface area contributed by atoms with Crippen LogP contribution in [0.5, 0.6) is 0 Å². The molecule has 20 heavy (non-hydrogen) atoms. The molecule has 0 aliphatic carbocycles. The molecule has 0 radical (unpaired) electrons. The van der Waals surface area contributed by atoms with Crippen LogP contribution in [-0.2, 0) is 4.74 Å². The van der Waals surface area contributed by atoms with E-state index in [4.69, 9.17) is 39.5 Å². The van der Waals surface area contributed by atoms with Crippen molar-refractivity contribution in [3.05, 3.63) is 24.4 Å². The second kappa shape index (κ2) is 6.53. The maximum Gasteiger partial charge on any atom is 0.413 e. The lowest BCUT2D eigenvalue weighted by Gasteiger charge is -2.10. The van der Waals surface area contributed by atoms with Crippen LogP contribution in [0, 0.1) is 0 Å². The fourth-order valence-corrected chi connectivity index (χ4v) is 2.01. The normalized spacial score (nSPS) is 11.2. The van der Waals surface area contributed by atoms with Gasteiger partial charge in [-0.05, 0) is 12.1 Å². The number of alkyl halides is 3. The average molecular weight is 354 g/mol. The number of hydrogen-bond donors (Lipinski definition) is 1. The summed E-state index contributed by atoms with van der Waals surface area (Å²) in [6.07, 6.45) is 0.860. The van der Waals surface area contributed by atoms with Gasteiger partial charge in [-0.25, -0.2) is 4.79 Å². The lowest BCUT2D eigenvalue weighted by Crippen LogP contribution is -2.21. The number of hydrogen-bond acceptors (Lipinski definition) is 6. The van der Waals surface area contributed by atoms with Crippen LogP contribution in [0.15, 0.2) is 24.4 Å². The third kappa shape index (κ3) is 4.75. The quantitative estimate of drug-likeness (QED) is 0.854. The molecule has 0 atom stereocenters. The molecule has 2 aromatic rings. The number of anilines is 1. The summed E-state index contributed by atoms with van der Waals surface area (Å²) in [4.78, 5) is 15.5. The minimum Gasteiger partial charge on any atom is -0.445 e. The maximum atomic E-state index is 11.4. The van der Waals surface area contributed by atoms with Crippen LogP contribution in [0.3, 0.4) is 0 Å². The Morgan fingerprint density at radius 3 is 2.80 bits per heavy atom. The zero-order chi connectivity index (χ0) is 14.6. The van der Waals surface area contributed by atoms with Crippen molar-refractivity contribution in [1.29, 1.82) is 0 Å². The molecule has 0 fully saturated rings. The van der Waals surface area contributed by atoms with Crippen molar-refractivity contribution >= 4 is 57.4 Å². The number of amides is 1. The Morgan fingerprint density at radius 1 is 1.35 bits per heavy atom. The minimum absolute atomic E-state index is 0.264. The van der Waals surface area contributed by atoms with E-state index in [0.717, 1.165) is 11.3 Å². The zero-order valence-electron chi connectivity index (χ0n) is 9.72. The van der Waals surface area contributed by atoms with E-state index in [1.807, 2.05) is 6.07 Å². The fourth-order valence-electron chi connectivity index (χ4n) is 1.14. The van der Waals surface area contributed by atoms with Crippen molar-refractivity contribution in [2.24, 2.45) is 0 Å². The number of carbonyl (C=O) groups excluding carboxylic acids is 1. The number of aromatic nitrogens is 3. The number of pyridine rings is 1. The monoisotopic (exact) mass is 352 g/mol. The molecule has 2 heterocycles. The molecule has 0 saturated carbocycles. The minimum atomic E-state index is -1.66. The molecule has 10 heteroatoms. The molecule has 106 valence electrons. The molecule has 2 aromatic heterocycles. The van der Waals surface area contributed by atoms with E-state index in [9.17, 15) is 4.79 Å². The Bertz CT molecular complexity index is 588. The highest BCUT2D eigenvalue weighted by Gasteiger charge is 2.22. The molecule has 0 aliphatic heterocycles. The Kier molecular flexibility index (Phi) is 4.98. The molecule has 0 unspecified atom stereocenters. The van der Waals surface area contributed by atoms with Gasteiger partial charge in [0, 0.05) is 6.20 Å². The summed E-state index contributed by atoms with van der Waals surface area (Å²) in [7, 11) is 0. The molecule has 0 saturated heterocycles. The van der Waals surface area contributed by atoms with E-state index >= 15 is 0 Å². The first kappa shape index (κ1) is 15.2. The Balaban J connectivity index is 1.95. The highest BCUT2D eigenvalue weighted by Crippen LogP contribution is 2.27. The maximum absolute atomic E-state index is 11.4. The zero-order valence-corrected chi connectivity index (χ0v) is 12.8. The van der Waals surface area contributed by atoms with E-state index in [-0.39, 0.29) is 11.7 Å². The van der Waals surface area contributed by atoms with Gasteiger partial charge in [-0.1, -0.05) is 52.2 Å². The molecule has 0 bridgehead atoms. The van der Waals surface area contributed by atoms with Crippen molar-refractivity contribution in [3.63, 3.8) is 0 Å². The van der Waals surface area contributed by atoms with Crippen LogP contribution in [0.2, 0.25) is 0 Å². The Labute approximate surface area is 133 Å². The summed E-state index contributed by atoms with van der Waals surface area (Å²) in [5, 5.41) is 10.9. The topological polar surface area (TPSA) is 77.0 Å². The summed E-state index contributed by atoms with van der Waals surface area (Å²) in [5.41, 5.74) is 0.660. The first-order valence-corrected chi connectivity index (χ1v) is 7.14. The molecular formula is C10H7Cl3N4O2S. The van der Waals surface area contributed by atoms with Gasteiger partial charge in [0.2, 0.25) is 8.92 Å². The molecule has 6 nitrogen and oxygen atoms in total. The van der Waals surface area contributed by atoms with Crippen molar-refractivity contribution in [1.82, 2.24) is 15.2 Å². The number of nitrogens with one attached hydrogen (secondary N) is 1. The van der Waals surface area contributed by atoms with E-state index in [2.05, 4.69) is 20.5 Å². The Morgan fingerprint density at radius 2 is 2.15 bits per heavy atom. The van der Waals surface area contributed by atoms with Crippen molar-refractivity contribution in [2.75, 3.05) is 11.9 Å². The average Bonchev–Trinajstić information content (AvgIpc) is 2.85. The van der Waals surface area contributed by atoms with Gasteiger partial charge < -0.3 is 4.74 Å². The second-order valence-corrected chi connectivity index (χ2v) is 6.94. The highest BCUT2D eigenvalue weighted by molar-refractivity contribution is 7.18. The van der Waals surface area contributed by atoms with Gasteiger partial charge in [0.05, 0.1) is 0 Å². The molecule has 0 aliphatic rings. The number of nitrogens with zero attached hydrogens (tertiary/aromatic N) is 3. The van der Waals surface area contributed by atoms with E-state index in [1.54, 1.807) is 18.3 Å². The smallest absolute Gasteiger partial charge is 0.413 e. The standard InChI is InChI=1S/C10H7Cl3N4O2S/c11-10(12,13)5-19-9(18)15-8-17-16-7(20-8)6-3-1-2-4-14-6/h1-4H,5H2,(H,15,17,18). The first-order valence-electron chi connectivity index (χ1n) is 5.19. The van der Waals surface area contributed by atoms with E-state index in [1.165, 1.54) is 0 Å². The predicted molar refractivity (Wildman–Crippen MR) is 78.4 cm³/mol. The number of halogens is 3. The van der Waals surface area contributed by atoms with Gasteiger partial charge in [-0.2, -0.15) is 0 Å². The largest absolute Gasteiger partial charge is 0.445 e. The van der Waals surface area contributed by atoms with Crippen LogP contribution in [0.25, 0.3) is 10.7 Å². The van der Waals surface area contributed by atoms with Crippen molar-refractivity contribution in [3.8, 4) is 10.7 Å². The third-order valence-electron chi connectivity index (χ3n) is 1.88. The summed E-state index contributed by atoms with van der Waals surface area (Å²) in [5.74, 6) is 0. The number of carbonyl (C=O) groups is 1. The first-order chi connectivity index (χ1) is 9.44. The molecule has 1 amide bonds. The third-order valence-corrected chi connectivity index (χ3v) is 3.07. The van der Waals surface area contributed by atoms with E-state index < -0.39 is 9.89 Å². The predicted octanol–water partition coefficient (Wildman–Crippen LogP) is 3.52. The SMILES string of the molecule is O=C(Nc1nnc(-c2ccccn2)s1)OCC(Cl)(Cl)Cl. The van der Waals surface area contributed by atoms with Crippen LogP contribution in [0.4, 0.5) is 9.93 Å². The number of rotatable bonds is 3. The molecule has 0 aromatic carbocycles. The van der Waals surface area contributed by atoms with Gasteiger partial charge in [-0.3, -0.25) is 10.3 Å². The fraction of sp³-hybridized carbons (Fsp3) is 0.200. The molecule has 0 spiro atoms. The summed E-state index contributed by atoms with van der Waals surface area (Å²) < 4.78 is 3.05. The highest BCUT2D eigenvalue weighted by atomic mass is 35.6. The van der Waals surface area contributed by atoms with Crippen LogP contribution < -0.4 is 5.32 Å². The van der Waals surface area contributed by atoms with Gasteiger partial charge >= 0.3 is 6.09 Å². The molecule has 1 N–H and O–H groups in total. The van der Waals surface area contributed by atoms with Gasteiger partial charge in [0.15, 0.2) is 5.01 Å². The molecule has 2 rings (SSSR count). The van der Waals surface area contributed by atoms with Gasteiger partial charge in [0.1, 0.15) is 12.3 Å². The van der Waals surface area contributed by atoms with Gasteiger partial charge in [0.25, 0.3) is 0 Å². The van der Waals surface area contributed by atoms with Crippen LogP contribution in [0.1, 0.15) is 0 Å². The number of ether oxygens (including phenoxy) is 1. The lowest BCUT2D eigenvalue weighted by atomic mass is 10.4. The summed E-state index contributed by atoms with van der Waals surface area (Å²) in [6, 6.07) is 5.40. The summed E-state index contributed by atoms with van der Waals surface area (Å²) in [6.45, 7) is -0.366. The molecular weight excluding hydrogens is 347 g/mol. The lowest BCUT2D eigenvalue weighted by molar-refractivity contribution is 0.164. The van der Waals surface area contributed by atoms with Crippen molar-refractivity contribution in [2.45, 2.75) is 3.79 Å². The second-order valence-electron chi connectivity index (χ2n) is 3.44.